The van der Waals surface area contributed by atoms with Gasteiger partial charge >= 0.3 is 0 Å². The van der Waals surface area contributed by atoms with Crippen molar-refractivity contribution in [2.24, 2.45) is 11.7 Å². The van der Waals surface area contributed by atoms with Gasteiger partial charge in [0.2, 0.25) is 0 Å². The molecule has 0 aliphatic carbocycles. The molecule has 0 spiro atoms. The van der Waals surface area contributed by atoms with Gasteiger partial charge < -0.3 is 16.4 Å². The van der Waals surface area contributed by atoms with E-state index in [-0.39, 0.29) is 0 Å². The van der Waals surface area contributed by atoms with E-state index in [0.29, 0.717) is 23.5 Å². The lowest BCUT2D eigenvalue weighted by molar-refractivity contribution is 0.0995. The van der Waals surface area contributed by atoms with Crippen molar-refractivity contribution >= 4 is 11.7 Å². The number of aromatic nitrogens is 1. The second kappa shape index (κ2) is 5.82. The number of carbonyl (C=O) groups is 1. The van der Waals surface area contributed by atoms with Crippen molar-refractivity contribution < 1.29 is 4.79 Å². The minimum absolute atomic E-state index is 0.300. The molecule has 1 aromatic heterocycles. The number of amides is 1. The minimum atomic E-state index is -0.495. The Morgan fingerprint density at radius 3 is 3.11 bits per heavy atom. The van der Waals surface area contributed by atoms with Crippen molar-refractivity contribution in [3.63, 3.8) is 0 Å². The number of pyridine rings is 1. The summed E-state index contributed by atoms with van der Waals surface area (Å²) in [6, 6.07) is 5.61. The fourth-order valence-electron chi connectivity index (χ4n) is 2.31. The van der Waals surface area contributed by atoms with Gasteiger partial charge in [0, 0.05) is 6.04 Å². The summed E-state index contributed by atoms with van der Waals surface area (Å²) in [6.45, 7) is 4.29. The minimum Gasteiger partial charge on any atom is -0.367 e. The predicted octanol–water partition coefficient (Wildman–Crippen LogP) is 0.980. The van der Waals surface area contributed by atoms with E-state index in [1.54, 1.807) is 12.1 Å². The number of rotatable bonds is 4. The first-order valence-electron chi connectivity index (χ1n) is 6.41. The number of piperidine rings is 1. The zero-order valence-corrected chi connectivity index (χ0v) is 10.6. The van der Waals surface area contributed by atoms with Crippen LogP contribution in [0, 0.1) is 5.92 Å². The zero-order chi connectivity index (χ0) is 13.0. The number of nitrogens with two attached hydrogens (primary N) is 1. The molecule has 5 heteroatoms. The van der Waals surface area contributed by atoms with E-state index < -0.39 is 5.91 Å². The van der Waals surface area contributed by atoms with Crippen LogP contribution in [0.2, 0.25) is 0 Å². The standard InChI is InChI=1S/C13H20N4O/c1-9(10-4-3-7-15-8-10)16-12-6-2-5-11(17-12)13(14)18/h2,5-6,9-10,15H,3-4,7-8H2,1H3,(H2,14,18)(H,16,17). The number of primary amides is 1. The number of hydrogen-bond donors (Lipinski definition) is 3. The Morgan fingerprint density at radius 1 is 1.61 bits per heavy atom. The van der Waals surface area contributed by atoms with Crippen LogP contribution in [0.4, 0.5) is 5.82 Å². The van der Waals surface area contributed by atoms with Gasteiger partial charge in [-0.25, -0.2) is 4.98 Å². The Balaban J connectivity index is 1.99. The van der Waals surface area contributed by atoms with Crippen molar-refractivity contribution in [3.05, 3.63) is 23.9 Å². The predicted molar refractivity (Wildman–Crippen MR) is 71.4 cm³/mol. The van der Waals surface area contributed by atoms with E-state index in [1.807, 2.05) is 6.07 Å². The molecule has 1 fully saturated rings. The van der Waals surface area contributed by atoms with Crippen LogP contribution in [-0.4, -0.2) is 30.0 Å². The van der Waals surface area contributed by atoms with Crippen LogP contribution in [0.25, 0.3) is 0 Å². The zero-order valence-electron chi connectivity index (χ0n) is 10.6. The third-order valence-electron chi connectivity index (χ3n) is 3.42. The lowest BCUT2D eigenvalue weighted by Gasteiger charge is -2.29. The van der Waals surface area contributed by atoms with Crippen molar-refractivity contribution in [2.45, 2.75) is 25.8 Å². The average Bonchev–Trinajstić information content (AvgIpc) is 2.40. The number of nitrogens with one attached hydrogen (secondary N) is 2. The summed E-state index contributed by atoms with van der Waals surface area (Å²) in [5.41, 5.74) is 5.52. The van der Waals surface area contributed by atoms with Gasteiger partial charge in [0.15, 0.2) is 0 Å². The van der Waals surface area contributed by atoms with Gasteiger partial charge in [0.1, 0.15) is 11.5 Å². The van der Waals surface area contributed by atoms with Gasteiger partial charge in [-0.05, 0) is 50.9 Å². The molecule has 0 saturated carbocycles. The molecular formula is C13H20N4O. The van der Waals surface area contributed by atoms with Crippen LogP contribution < -0.4 is 16.4 Å². The van der Waals surface area contributed by atoms with E-state index in [4.69, 9.17) is 5.73 Å². The Morgan fingerprint density at radius 2 is 2.44 bits per heavy atom. The van der Waals surface area contributed by atoms with Gasteiger partial charge in [-0.3, -0.25) is 4.79 Å². The Labute approximate surface area is 107 Å². The van der Waals surface area contributed by atoms with Gasteiger partial charge in [-0.15, -0.1) is 0 Å². The molecule has 1 saturated heterocycles. The maximum Gasteiger partial charge on any atom is 0.267 e. The number of nitrogens with zero attached hydrogens (tertiary/aromatic N) is 1. The van der Waals surface area contributed by atoms with E-state index in [9.17, 15) is 4.79 Å². The van der Waals surface area contributed by atoms with E-state index in [0.717, 1.165) is 13.1 Å². The second-order valence-corrected chi connectivity index (χ2v) is 4.81. The molecule has 5 nitrogen and oxygen atoms in total. The molecule has 1 aromatic rings. The van der Waals surface area contributed by atoms with Crippen molar-refractivity contribution in [3.8, 4) is 0 Å². The number of carbonyl (C=O) groups excluding carboxylic acids is 1. The first kappa shape index (κ1) is 12.8. The van der Waals surface area contributed by atoms with E-state index >= 15 is 0 Å². The van der Waals surface area contributed by atoms with Crippen LogP contribution in [0.15, 0.2) is 18.2 Å². The summed E-state index contributed by atoms with van der Waals surface area (Å²) in [5, 5.41) is 6.74. The van der Waals surface area contributed by atoms with Crippen LogP contribution >= 0.6 is 0 Å². The lowest BCUT2D eigenvalue weighted by atomic mass is 9.93. The summed E-state index contributed by atoms with van der Waals surface area (Å²) in [5.74, 6) is 0.813. The number of anilines is 1. The Hall–Kier alpha value is -1.62. The molecule has 1 aliphatic rings. The highest BCUT2D eigenvalue weighted by Gasteiger charge is 2.20. The molecule has 0 aromatic carbocycles. The van der Waals surface area contributed by atoms with Gasteiger partial charge in [-0.1, -0.05) is 6.07 Å². The first-order chi connectivity index (χ1) is 8.66. The fraction of sp³-hybridized carbons (Fsp3) is 0.538. The van der Waals surface area contributed by atoms with Gasteiger partial charge in [0.25, 0.3) is 5.91 Å². The maximum atomic E-state index is 11.1. The topological polar surface area (TPSA) is 80.0 Å². The van der Waals surface area contributed by atoms with Gasteiger partial charge in [0.05, 0.1) is 0 Å². The summed E-state index contributed by atoms with van der Waals surface area (Å²) in [7, 11) is 0. The van der Waals surface area contributed by atoms with Crippen molar-refractivity contribution in [2.75, 3.05) is 18.4 Å². The van der Waals surface area contributed by atoms with E-state index in [1.165, 1.54) is 12.8 Å². The summed E-state index contributed by atoms with van der Waals surface area (Å²) >= 11 is 0. The highest BCUT2D eigenvalue weighted by molar-refractivity contribution is 5.91. The van der Waals surface area contributed by atoms with Crippen LogP contribution in [0.3, 0.4) is 0 Å². The second-order valence-electron chi connectivity index (χ2n) is 4.81. The summed E-state index contributed by atoms with van der Waals surface area (Å²) in [6.07, 6.45) is 2.43. The Bertz CT molecular complexity index is 415. The van der Waals surface area contributed by atoms with E-state index in [2.05, 4.69) is 22.5 Å². The Kier molecular flexibility index (Phi) is 4.15. The smallest absolute Gasteiger partial charge is 0.267 e. The van der Waals surface area contributed by atoms with Crippen LogP contribution in [0.1, 0.15) is 30.3 Å². The summed E-state index contributed by atoms with van der Waals surface area (Å²) in [4.78, 5) is 15.3. The monoisotopic (exact) mass is 248 g/mol. The van der Waals surface area contributed by atoms with Crippen molar-refractivity contribution in [1.82, 2.24) is 10.3 Å². The average molecular weight is 248 g/mol. The molecule has 4 N–H and O–H groups in total. The molecule has 18 heavy (non-hydrogen) atoms. The molecular weight excluding hydrogens is 228 g/mol. The number of hydrogen-bond acceptors (Lipinski definition) is 4. The molecule has 1 aliphatic heterocycles. The highest BCUT2D eigenvalue weighted by atomic mass is 16.1. The quantitative estimate of drug-likeness (QED) is 0.742. The lowest BCUT2D eigenvalue weighted by Crippen LogP contribution is -2.39. The normalized spacial score (nSPS) is 21.3. The highest BCUT2D eigenvalue weighted by Crippen LogP contribution is 2.17. The largest absolute Gasteiger partial charge is 0.367 e. The third kappa shape index (κ3) is 3.20. The molecule has 0 radical (unpaired) electrons. The SMILES string of the molecule is CC(Nc1cccc(C(N)=O)n1)C1CCCNC1. The molecule has 1 amide bonds. The molecule has 2 rings (SSSR count). The molecule has 2 atom stereocenters. The van der Waals surface area contributed by atoms with Crippen molar-refractivity contribution in [1.29, 1.82) is 0 Å². The molecule has 98 valence electrons. The molecule has 2 heterocycles. The molecule has 2 unspecified atom stereocenters. The summed E-state index contributed by atoms with van der Waals surface area (Å²) < 4.78 is 0. The van der Waals surface area contributed by atoms with Crippen LogP contribution in [-0.2, 0) is 0 Å². The first-order valence-corrected chi connectivity index (χ1v) is 6.41. The van der Waals surface area contributed by atoms with Crippen LogP contribution in [0.5, 0.6) is 0 Å². The van der Waals surface area contributed by atoms with Gasteiger partial charge in [-0.2, -0.15) is 0 Å². The molecule has 0 bridgehead atoms. The maximum absolute atomic E-state index is 11.1. The third-order valence-corrected chi connectivity index (χ3v) is 3.42. The fourth-order valence-corrected chi connectivity index (χ4v) is 2.31.